The Bertz CT molecular complexity index is 638. The van der Waals surface area contributed by atoms with Gasteiger partial charge in [0.1, 0.15) is 16.6 Å². The first-order chi connectivity index (χ1) is 10.0. The van der Waals surface area contributed by atoms with E-state index in [0.29, 0.717) is 4.99 Å². The summed E-state index contributed by atoms with van der Waals surface area (Å²) in [4.78, 5) is 6.90. The summed E-state index contributed by atoms with van der Waals surface area (Å²) >= 11 is 5.04. The lowest BCUT2D eigenvalue weighted by Crippen LogP contribution is -2.20. The Morgan fingerprint density at radius 2 is 2.19 bits per heavy atom. The molecule has 0 amide bonds. The van der Waals surface area contributed by atoms with E-state index >= 15 is 0 Å². The molecule has 1 aromatic carbocycles. The molecule has 0 spiro atoms. The number of nitrogens with zero attached hydrogens (tertiary/aromatic N) is 3. The topological polar surface area (TPSA) is 56.3 Å². The van der Waals surface area contributed by atoms with Crippen molar-refractivity contribution in [2.75, 3.05) is 14.2 Å². The van der Waals surface area contributed by atoms with E-state index in [2.05, 4.69) is 9.88 Å². The van der Waals surface area contributed by atoms with Gasteiger partial charge in [-0.25, -0.2) is 4.98 Å². The summed E-state index contributed by atoms with van der Waals surface area (Å²) in [6.07, 6.45) is 3.74. The largest absolute Gasteiger partial charge is 0.496 e. The summed E-state index contributed by atoms with van der Waals surface area (Å²) in [6, 6.07) is 5.76. The highest BCUT2D eigenvalue weighted by atomic mass is 32.1. The highest BCUT2D eigenvalue weighted by Gasteiger charge is 2.10. The number of aryl methyl sites for hydroxylation is 1. The van der Waals surface area contributed by atoms with E-state index in [1.54, 1.807) is 13.3 Å². The molecule has 0 saturated carbocycles. The van der Waals surface area contributed by atoms with Crippen LogP contribution in [0.2, 0.25) is 0 Å². The molecular weight excluding hydrogens is 284 g/mol. The van der Waals surface area contributed by atoms with Crippen molar-refractivity contribution in [3.8, 4) is 5.75 Å². The summed E-state index contributed by atoms with van der Waals surface area (Å²) in [5, 5.41) is 0. The predicted octanol–water partition coefficient (Wildman–Crippen LogP) is 1.69. The molecule has 0 aliphatic heterocycles. The minimum Gasteiger partial charge on any atom is -0.496 e. The summed E-state index contributed by atoms with van der Waals surface area (Å²) in [6.45, 7) is 1.48. The molecule has 0 unspecified atom stereocenters. The quantitative estimate of drug-likeness (QED) is 0.823. The summed E-state index contributed by atoms with van der Waals surface area (Å²) in [7, 11) is 5.70. The Morgan fingerprint density at radius 1 is 1.43 bits per heavy atom. The van der Waals surface area contributed by atoms with Crippen molar-refractivity contribution < 1.29 is 4.74 Å². The van der Waals surface area contributed by atoms with Crippen LogP contribution in [0, 0.1) is 0 Å². The first-order valence-electron chi connectivity index (χ1n) is 6.62. The molecule has 2 rings (SSSR count). The average molecular weight is 304 g/mol. The Balaban J connectivity index is 2.15. The van der Waals surface area contributed by atoms with E-state index in [9.17, 15) is 0 Å². The van der Waals surface area contributed by atoms with E-state index in [-0.39, 0.29) is 0 Å². The Labute approximate surface area is 130 Å². The summed E-state index contributed by atoms with van der Waals surface area (Å²) in [5.74, 6) is 1.85. The molecule has 2 aromatic rings. The van der Waals surface area contributed by atoms with Crippen molar-refractivity contribution in [3.63, 3.8) is 0 Å². The van der Waals surface area contributed by atoms with Crippen molar-refractivity contribution in [3.05, 3.63) is 47.5 Å². The van der Waals surface area contributed by atoms with Gasteiger partial charge >= 0.3 is 0 Å². The Morgan fingerprint density at radius 3 is 2.76 bits per heavy atom. The van der Waals surface area contributed by atoms with Crippen LogP contribution < -0.4 is 10.5 Å². The molecule has 2 N–H and O–H groups in total. The van der Waals surface area contributed by atoms with Gasteiger partial charge in [-0.2, -0.15) is 0 Å². The molecule has 1 aromatic heterocycles. The van der Waals surface area contributed by atoms with Gasteiger partial charge in [-0.05, 0) is 25.2 Å². The third-order valence-corrected chi connectivity index (χ3v) is 3.57. The van der Waals surface area contributed by atoms with Crippen LogP contribution in [-0.4, -0.2) is 33.6 Å². The molecule has 0 bridgehead atoms. The molecule has 1 heterocycles. The molecule has 0 radical (unpaired) electrons. The molecule has 112 valence electrons. The smallest absolute Gasteiger partial charge is 0.123 e. The molecule has 0 aliphatic rings. The van der Waals surface area contributed by atoms with Crippen molar-refractivity contribution in [1.82, 2.24) is 14.5 Å². The molecule has 0 aliphatic carbocycles. The number of hydrogen-bond donors (Lipinski definition) is 1. The highest BCUT2D eigenvalue weighted by molar-refractivity contribution is 7.80. The number of hydrogen-bond acceptors (Lipinski definition) is 4. The lowest BCUT2D eigenvalue weighted by molar-refractivity contribution is 0.299. The molecule has 0 fully saturated rings. The third kappa shape index (κ3) is 3.80. The zero-order valence-corrected chi connectivity index (χ0v) is 13.4. The van der Waals surface area contributed by atoms with Gasteiger partial charge in [0.15, 0.2) is 0 Å². The van der Waals surface area contributed by atoms with Crippen LogP contribution in [-0.2, 0) is 20.1 Å². The third-order valence-electron chi connectivity index (χ3n) is 3.34. The van der Waals surface area contributed by atoms with Crippen molar-refractivity contribution in [1.29, 1.82) is 0 Å². The van der Waals surface area contributed by atoms with Crippen LogP contribution in [0.25, 0.3) is 0 Å². The average Bonchev–Trinajstić information content (AvgIpc) is 2.84. The monoisotopic (exact) mass is 304 g/mol. The maximum atomic E-state index is 5.70. The number of aromatic nitrogens is 2. The first kappa shape index (κ1) is 15.5. The van der Waals surface area contributed by atoms with Gasteiger partial charge in [-0.3, -0.25) is 4.90 Å². The van der Waals surface area contributed by atoms with Gasteiger partial charge in [-0.1, -0.05) is 12.2 Å². The zero-order valence-electron chi connectivity index (χ0n) is 12.5. The minimum absolute atomic E-state index is 0.394. The maximum Gasteiger partial charge on any atom is 0.123 e. The highest BCUT2D eigenvalue weighted by Crippen LogP contribution is 2.22. The van der Waals surface area contributed by atoms with Crippen LogP contribution in [0.3, 0.4) is 0 Å². The molecule has 0 atom stereocenters. The molecule has 0 saturated heterocycles. The molecular formula is C15H20N4OS. The van der Waals surface area contributed by atoms with E-state index in [1.165, 1.54) is 0 Å². The van der Waals surface area contributed by atoms with Crippen LogP contribution >= 0.6 is 12.2 Å². The van der Waals surface area contributed by atoms with Crippen LogP contribution in [0.1, 0.15) is 17.0 Å². The number of nitrogens with two attached hydrogens (primary N) is 1. The predicted molar refractivity (Wildman–Crippen MR) is 87.3 cm³/mol. The fraction of sp³-hybridized carbons (Fsp3) is 0.333. The first-order valence-corrected chi connectivity index (χ1v) is 7.03. The van der Waals surface area contributed by atoms with E-state index in [0.717, 1.165) is 35.8 Å². The van der Waals surface area contributed by atoms with Gasteiger partial charge in [-0.15, -0.1) is 0 Å². The minimum atomic E-state index is 0.394. The van der Waals surface area contributed by atoms with Gasteiger partial charge in [0.2, 0.25) is 0 Å². The standard InChI is InChI=1S/C15H20N4OS/c1-18(10-14-17-6-7-19(14)2)9-12-8-11(15(16)21)4-5-13(12)20-3/h4-8H,9-10H2,1-3H3,(H2,16,21). The van der Waals surface area contributed by atoms with E-state index in [1.807, 2.05) is 43.1 Å². The molecule has 21 heavy (non-hydrogen) atoms. The fourth-order valence-corrected chi connectivity index (χ4v) is 2.32. The van der Waals surface area contributed by atoms with Gasteiger partial charge in [0.25, 0.3) is 0 Å². The second-order valence-electron chi connectivity index (χ2n) is 5.02. The molecule has 6 heteroatoms. The van der Waals surface area contributed by atoms with E-state index in [4.69, 9.17) is 22.7 Å². The number of thiocarbonyl (C=S) groups is 1. The number of imidazole rings is 1. The van der Waals surface area contributed by atoms with Gasteiger partial charge in [0, 0.05) is 37.1 Å². The Kier molecular flexibility index (Phi) is 4.93. The SMILES string of the molecule is COc1ccc(C(N)=S)cc1CN(C)Cc1nccn1C. The number of methoxy groups -OCH3 is 1. The second-order valence-corrected chi connectivity index (χ2v) is 5.46. The van der Waals surface area contributed by atoms with Gasteiger partial charge in [0.05, 0.1) is 13.7 Å². The van der Waals surface area contributed by atoms with Crippen LogP contribution in [0.4, 0.5) is 0 Å². The number of rotatable bonds is 6. The number of benzene rings is 1. The maximum absolute atomic E-state index is 5.70. The zero-order chi connectivity index (χ0) is 15.4. The van der Waals surface area contributed by atoms with Crippen molar-refractivity contribution >= 4 is 17.2 Å². The fourth-order valence-electron chi connectivity index (χ4n) is 2.19. The van der Waals surface area contributed by atoms with Crippen molar-refractivity contribution in [2.24, 2.45) is 12.8 Å². The van der Waals surface area contributed by atoms with Gasteiger partial charge < -0.3 is 15.0 Å². The lowest BCUT2D eigenvalue weighted by Gasteiger charge is -2.18. The Hall–Kier alpha value is -1.92. The lowest BCUT2D eigenvalue weighted by atomic mass is 10.1. The molecule has 5 nitrogen and oxygen atoms in total. The summed E-state index contributed by atoms with van der Waals surface area (Å²) < 4.78 is 7.42. The normalized spacial score (nSPS) is 10.9. The van der Waals surface area contributed by atoms with E-state index < -0.39 is 0 Å². The van der Waals surface area contributed by atoms with Crippen LogP contribution in [0.15, 0.2) is 30.6 Å². The van der Waals surface area contributed by atoms with Crippen LogP contribution in [0.5, 0.6) is 5.75 Å². The summed E-state index contributed by atoms with van der Waals surface area (Å²) in [5.41, 5.74) is 7.61. The van der Waals surface area contributed by atoms with Crippen molar-refractivity contribution in [2.45, 2.75) is 13.1 Å². The number of ether oxygens (including phenoxy) is 1. The second kappa shape index (κ2) is 6.69.